The summed E-state index contributed by atoms with van der Waals surface area (Å²) >= 11 is 0. The quantitative estimate of drug-likeness (QED) is 0.432. The van der Waals surface area contributed by atoms with E-state index in [4.69, 9.17) is 20.7 Å². The minimum atomic E-state index is 0.101. The number of rotatable bonds is 5. The molecule has 2 aliphatic carbocycles. The number of hydrogen-bond donors (Lipinski definition) is 3. The molecule has 2 saturated carbocycles. The van der Waals surface area contributed by atoms with Crippen LogP contribution in [0.25, 0.3) is 16.7 Å². The zero-order chi connectivity index (χ0) is 27.1. The van der Waals surface area contributed by atoms with E-state index in [1.807, 2.05) is 18.5 Å². The Hall–Kier alpha value is -3.17. The Morgan fingerprint density at radius 3 is 2.50 bits per heavy atom. The molecular weight excluding hydrogens is 498 g/mol. The van der Waals surface area contributed by atoms with Gasteiger partial charge < -0.3 is 30.7 Å². The lowest BCUT2D eigenvalue weighted by molar-refractivity contribution is 0.195. The fourth-order valence-corrected chi connectivity index (χ4v) is 7.30. The average Bonchev–Trinajstić information content (AvgIpc) is 3.38. The molecule has 3 fully saturated rings. The Labute approximate surface area is 237 Å². The largest absolute Gasteiger partial charge is 0.381 e. The number of aromatic nitrogens is 4. The van der Waals surface area contributed by atoms with Crippen LogP contribution in [0.3, 0.4) is 0 Å². The van der Waals surface area contributed by atoms with Gasteiger partial charge in [0.05, 0.1) is 28.8 Å². The summed E-state index contributed by atoms with van der Waals surface area (Å²) in [5.41, 5.74) is 11.0. The molecule has 7 rings (SSSR count). The molecule has 5 heterocycles. The van der Waals surface area contributed by atoms with E-state index in [0.29, 0.717) is 18.0 Å². The van der Waals surface area contributed by atoms with Crippen molar-refractivity contribution in [3.8, 4) is 0 Å². The smallest absolute Gasteiger partial charge is 0.230 e. The third-order valence-corrected chi connectivity index (χ3v) is 9.75. The summed E-state index contributed by atoms with van der Waals surface area (Å²) < 4.78 is 2.56. The van der Waals surface area contributed by atoms with Crippen molar-refractivity contribution in [3.63, 3.8) is 0 Å². The van der Waals surface area contributed by atoms with Gasteiger partial charge in [-0.15, -0.1) is 0 Å². The minimum Gasteiger partial charge on any atom is -0.381 e. The fraction of sp³-hybridized carbons (Fsp3) is 0.581. The standard InChI is InChI=1S/C31H43N9/c1-38-15-17-39(18-16-38)25-9-10-28(33-21-25)36-30-34-20-22-19-27-26(35-24-7-5-23(32)6-8-24)11-14-31(12-3-2-4-13-31)40(27)29(22)37-30/h9-11,19-21,23-24,35H,2-8,12-18,32H2,1H3,(H,33,34,36,37). The third kappa shape index (κ3) is 4.94. The van der Waals surface area contributed by atoms with Gasteiger partial charge in [-0.25, -0.2) is 9.97 Å². The molecule has 212 valence electrons. The van der Waals surface area contributed by atoms with Crippen LogP contribution in [0, 0.1) is 0 Å². The molecule has 0 amide bonds. The van der Waals surface area contributed by atoms with Gasteiger partial charge in [-0.3, -0.25) is 0 Å². The Kier molecular flexibility index (Phi) is 6.87. The molecule has 4 aliphatic rings. The van der Waals surface area contributed by atoms with Crippen molar-refractivity contribution in [2.45, 2.75) is 81.8 Å². The summed E-state index contributed by atoms with van der Waals surface area (Å²) in [4.78, 5) is 19.3. The van der Waals surface area contributed by atoms with Crippen LogP contribution in [0.1, 0.15) is 69.9 Å². The van der Waals surface area contributed by atoms with Crippen LogP contribution in [-0.2, 0) is 5.54 Å². The number of hydrogen-bond acceptors (Lipinski definition) is 8. The second kappa shape index (κ2) is 10.7. The number of piperazine rings is 1. The lowest BCUT2D eigenvalue weighted by atomic mass is 9.77. The Morgan fingerprint density at radius 1 is 0.950 bits per heavy atom. The van der Waals surface area contributed by atoms with E-state index in [1.54, 1.807) is 0 Å². The molecule has 0 aromatic carbocycles. The number of pyridine rings is 1. The maximum absolute atomic E-state index is 6.19. The maximum Gasteiger partial charge on any atom is 0.230 e. The molecule has 0 atom stereocenters. The molecule has 0 bridgehead atoms. The van der Waals surface area contributed by atoms with Crippen LogP contribution in [0.2, 0.25) is 0 Å². The van der Waals surface area contributed by atoms with E-state index in [0.717, 1.165) is 75.1 Å². The van der Waals surface area contributed by atoms with Crippen LogP contribution in [0.15, 0.2) is 36.7 Å². The summed E-state index contributed by atoms with van der Waals surface area (Å²) in [7, 11) is 2.18. The second-order valence-corrected chi connectivity index (χ2v) is 12.5. The van der Waals surface area contributed by atoms with Gasteiger partial charge in [-0.1, -0.05) is 25.3 Å². The number of allylic oxidation sites excluding steroid dienone is 1. The highest BCUT2D eigenvalue weighted by Gasteiger charge is 2.39. The van der Waals surface area contributed by atoms with Crippen LogP contribution < -0.4 is 21.3 Å². The monoisotopic (exact) mass is 541 g/mol. The first-order chi connectivity index (χ1) is 19.6. The summed E-state index contributed by atoms with van der Waals surface area (Å²) in [5, 5.41) is 8.40. The lowest BCUT2D eigenvalue weighted by Gasteiger charge is -2.43. The van der Waals surface area contributed by atoms with Gasteiger partial charge in [0.2, 0.25) is 5.95 Å². The highest BCUT2D eigenvalue weighted by molar-refractivity contribution is 5.84. The first kappa shape index (κ1) is 25.8. The molecule has 9 heteroatoms. The van der Waals surface area contributed by atoms with Crippen molar-refractivity contribution in [1.29, 1.82) is 0 Å². The van der Waals surface area contributed by atoms with Gasteiger partial charge in [0.1, 0.15) is 11.5 Å². The number of nitrogens with one attached hydrogen (secondary N) is 2. The van der Waals surface area contributed by atoms with E-state index in [9.17, 15) is 0 Å². The van der Waals surface area contributed by atoms with Crippen LogP contribution >= 0.6 is 0 Å². The van der Waals surface area contributed by atoms with Crippen molar-refractivity contribution in [1.82, 2.24) is 29.7 Å². The molecule has 4 N–H and O–H groups in total. The Bertz CT molecular complexity index is 1360. The van der Waals surface area contributed by atoms with Crippen LogP contribution in [0.4, 0.5) is 17.5 Å². The fourth-order valence-electron chi connectivity index (χ4n) is 7.30. The summed E-state index contributed by atoms with van der Waals surface area (Å²) in [6.45, 7) is 4.23. The number of nitrogens with zero attached hydrogens (tertiary/aromatic N) is 6. The molecule has 1 saturated heterocycles. The van der Waals surface area contributed by atoms with Crippen molar-refractivity contribution in [2.24, 2.45) is 5.73 Å². The van der Waals surface area contributed by atoms with Crippen molar-refractivity contribution in [2.75, 3.05) is 43.4 Å². The molecule has 0 radical (unpaired) electrons. The number of anilines is 3. The Balaban J connectivity index is 1.17. The first-order valence-electron chi connectivity index (χ1n) is 15.3. The van der Waals surface area contributed by atoms with E-state index >= 15 is 0 Å². The Morgan fingerprint density at radius 2 is 1.75 bits per heavy atom. The number of nitrogens with two attached hydrogens (primary N) is 1. The first-order valence-corrected chi connectivity index (χ1v) is 15.3. The van der Waals surface area contributed by atoms with Gasteiger partial charge >= 0.3 is 0 Å². The zero-order valence-corrected chi connectivity index (χ0v) is 23.8. The van der Waals surface area contributed by atoms with E-state index in [1.165, 1.54) is 49.2 Å². The molecule has 40 heavy (non-hydrogen) atoms. The molecular formula is C31H43N9. The summed E-state index contributed by atoms with van der Waals surface area (Å²) in [6, 6.07) is 7.33. The predicted octanol–water partition coefficient (Wildman–Crippen LogP) is 4.59. The third-order valence-electron chi connectivity index (χ3n) is 9.75. The highest BCUT2D eigenvalue weighted by atomic mass is 15.3. The van der Waals surface area contributed by atoms with Gasteiger partial charge in [0, 0.05) is 49.8 Å². The molecule has 9 nitrogen and oxygen atoms in total. The van der Waals surface area contributed by atoms with E-state index in [2.05, 4.69) is 50.3 Å². The summed E-state index contributed by atoms with van der Waals surface area (Å²) in [5.74, 6) is 1.37. The number of fused-ring (bicyclic) bond motifs is 4. The molecule has 3 aromatic rings. The van der Waals surface area contributed by atoms with Gasteiger partial charge in [0.25, 0.3) is 0 Å². The topological polar surface area (TPSA) is 100 Å². The van der Waals surface area contributed by atoms with E-state index in [-0.39, 0.29) is 5.54 Å². The average molecular weight is 542 g/mol. The highest BCUT2D eigenvalue weighted by Crippen LogP contribution is 2.46. The van der Waals surface area contributed by atoms with Gasteiger partial charge in [0.15, 0.2) is 0 Å². The molecule has 3 aromatic heterocycles. The van der Waals surface area contributed by atoms with Gasteiger partial charge in [-0.05, 0) is 70.2 Å². The molecule has 1 spiro atoms. The predicted molar refractivity (Wildman–Crippen MR) is 162 cm³/mol. The van der Waals surface area contributed by atoms with Crippen molar-refractivity contribution < 1.29 is 0 Å². The van der Waals surface area contributed by atoms with E-state index < -0.39 is 0 Å². The van der Waals surface area contributed by atoms with Gasteiger partial charge in [-0.2, -0.15) is 4.98 Å². The molecule has 2 aliphatic heterocycles. The second-order valence-electron chi connectivity index (χ2n) is 12.5. The normalized spacial score (nSPS) is 25.1. The lowest BCUT2D eigenvalue weighted by Crippen LogP contribution is -2.44. The van der Waals surface area contributed by atoms with Crippen LogP contribution in [0.5, 0.6) is 0 Å². The molecule has 0 unspecified atom stereocenters. The van der Waals surface area contributed by atoms with Crippen molar-refractivity contribution >= 4 is 34.2 Å². The van der Waals surface area contributed by atoms with Crippen LogP contribution in [-0.4, -0.2) is 69.7 Å². The SMILES string of the molecule is CN1CCN(c2ccc(Nc3ncc4cc5n(c4n3)C3(CC=C5NC4CCC(N)CC4)CCCCC3)nc2)CC1. The number of likely N-dealkylation sites (N-methyl/N-ethyl adjacent to an activating group) is 1. The zero-order valence-electron chi connectivity index (χ0n) is 23.8. The maximum atomic E-state index is 6.19. The minimum absolute atomic E-state index is 0.101. The van der Waals surface area contributed by atoms with Crippen molar-refractivity contribution in [3.05, 3.63) is 42.4 Å². The summed E-state index contributed by atoms with van der Waals surface area (Å²) in [6.07, 6.45) is 18.2.